The summed E-state index contributed by atoms with van der Waals surface area (Å²) in [4.78, 5) is 26.5. The van der Waals surface area contributed by atoms with Crippen molar-refractivity contribution in [2.24, 2.45) is 5.92 Å². The highest BCUT2D eigenvalue weighted by Gasteiger charge is 2.34. The SMILES string of the molecule is CCCN(C(=O)c1cccc(NC(=O)C2CC2)c1)C1CCS(=O)(=O)C1. The van der Waals surface area contributed by atoms with Gasteiger partial charge in [-0.2, -0.15) is 0 Å². The molecule has 1 aromatic carbocycles. The van der Waals surface area contributed by atoms with Gasteiger partial charge in [0.15, 0.2) is 9.84 Å². The first-order valence-electron chi connectivity index (χ1n) is 8.82. The van der Waals surface area contributed by atoms with Gasteiger partial charge in [0, 0.05) is 29.8 Å². The number of hydrogen-bond acceptors (Lipinski definition) is 4. The topological polar surface area (TPSA) is 83.6 Å². The second-order valence-corrected chi connectivity index (χ2v) is 9.13. The van der Waals surface area contributed by atoms with Crippen molar-refractivity contribution in [1.82, 2.24) is 4.90 Å². The molecular formula is C18H24N2O4S. The van der Waals surface area contributed by atoms with Crippen molar-refractivity contribution in [3.63, 3.8) is 0 Å². The Balaban J connectivity index is 1.76. The summed E-state index contributed by atoms with van der Waals surface area (Å²) in [7, 11) is -3.05. The Morgan fingerprint density at radius 2 is 2.00 bits per heavy atom. The van der Waals surface area contributed by atoms with Crippen LogP contribution in [0.2, 0.25) is 0 Å². The molecule has 3 rings (SSSR count). The lowest BCUT2D eigenvalue weighted by Crippen LogP contribution is -2.41. The zero-order valence-electron chi connectivity index (χ0n) is 14.4. The number of carbonyl (C=O) groups is 2. The Morgan fingerprint density at radius 3 is 2.60 bits per heavy atom. The highest BCUT2D eigenvalue weighted by Crippen LogP contribution is 2.30. The molecule has 136 valence electrons. The summed E-state index contributed by atoms with van der Waals surface area (Å²) < 4.78 is 23.5. The third-order valence-electron chi connectivity index (χ3n) is 4.70. The van der Waals surface area contributed by atoms with E-state index in [1.54, 1.807) is 29.2 Å². The molecule has 0 radical (unpaired) electrons. The minimum atomic E-state index is -3.05. The molecule has 1 heterocycles. The van der Waals surface area contributed by atoms with Crippen LogP contribution in [0.5, 0.6) is 0 Å². The number of nitrogens with one attached hydrogen (secondary N) is 1. The summed E-state index contributed by atoms with van der Waals surface area (Å²) >= 11 is 0. The average molecular weight is 364 g/mol. The summed E-state index contributed by atoms with van der Waals surface area (Å²) in [6.45, 7) is 2.49. The van der Waals surface area contributed by atoms with Crippen LogP contribution in [0.1, 0.15) is 43.0 Å². The number of sulfone groups is 1. The molecular weight excluding hydrogens is 340 g/mol. The maximum Gasteiger partial charge on any atom is 0.254 e. The lowest BCUT2D eigenvalue weighted by atomic mass is 10.1. The number of amides is 2. The van der Waals surface area contributed by atoms with E-state index in [2.05, 4.69) is 5.32 Å². The molecule has 1 atom stereocenters. The molecule has 1 aliphatic heterocycles. The molecule has 0 bridgehead atoms. The van der Waals surface area contributed by atoms with E-state index in [-0.39, 0.29) is 35.3 Å². The Morgan fingerprint density at radius 1 is 1.24 bits per heavy atom. The van der Waals surface area contributed by atoms with Crippen molar-refractivity contribution in [2.45, 2.75) is 38.6 Å². The molecule has 2 aliphatic rings. The van der Waals surface area contributed by atoms with Gasteiger partial charge in [-0.1, -0.05) is 13.0 Å². The van der Waals surface area contributed by atoms with E-state index in [0.717, 1.165) is 19.3 Å². The number of carbonyl (C=O) groups excluding carboxylic acids is 2. The van der Waals surface area contributed by atoms with Crippen LogP contribution in [-0.2, 0) is 14.6 Å². The molecule has 1 unspecified atom stereocenters. The van der Waals surface area contributed by atoms with Crippen molar-refractivity contribution in [3.05, 3.63) is 29.8 Å². The van der Waals surface area contributed by atoms with Gasteiger partial charge < -0.3 is 10.2 Å². The van der Waals surface area contributed by atoms with Crippen molar-refractivity contribution in [3.8, 4) is 0 Å². The van der Waals surface area contributed by atoms with E-state index in [9.17, 15) is 18.0 Å². The van der Waals surface area contributed by atoms with Crippen LogP contribution in [0.15, 0.2) is 24.3 Å². The average Bonchev–Trinajstić information content (AvgIpc) is 3.36. The first-order valence-corrected chi connectivity index (χ1v) is 10.6. The van der Waals surface area contributed by atoms with Gasteiger partial charge >= 0.3 is 0 Å². The van der Waals surface area contributed by atoms with Gasteiger partial charge in [0.05, 0.1) is 11.5 Å². The second-order valence-electron chi connectivity index (χ2n) is 6.90. The fourth-order valence-electron chi connectivity index (χ4n) is 3.20. The standard InChI is InChI=1S/C18H24N2O4S/c1-2-9-20(16-8-10-25(23,24)12-16)18(22)14-4-3-5-15(11-14)19-17(21)13-6-7-13/h3-5,11,13,16H,2,6-10,12H2,1H3,(H,19,21). The van der Waals surface area contributed by atoms with Crippen LogP contribution in [0, 0.1) is 5.92 Å². The monoisotopic (exact) mass is 364 g/mol. The largest absolute Gasteiger partial charge is 0.335 e. The highest BCUT2D eigenvalue weighted by atomic mass is 32.2. The number of rotatable bonds is 6. The number of nitrogens with zero attached hydrogens (tertiary/aromatic N) is 1. The summed E-state index contributed by atoms with van der Waals surface area (Å²) in [5.41, 5.74) is 1.09. The first-order chi connectivity index (χ1) is 11.9. The van der Waals surface area contributed by atoms with Gasteiger partial charge in [0.25, 0.3) is 5.91 Å². The van der Waals surface area contributed by atoms with E-state index in [1.165, 1.54) is 0 Å². The van der Waals surface area contributed by atoms with Gasteiger partial charge in [-0.05, 0) is 43.9 Å². The molecule has 2 amide bonds. The van der Waals surface area contributed by atoms with Crippen molar-refractivity contribution in [2.75, 3.05) is 23.4 Å². The van der Waals surface area contributed by atoms with Crippen molar-refractivity contribution in [1.29, 1.82) is 0 Å². The molecule has 0 aromatic heterocycles. The summed E-state index contributed by atoms with van der Waals surface area (Å²) in [6, 6.07) is 6.63. The minimum absolute atomic E-state index is 0.00287. The minimum Gasteiger partial charge on any atom is -0.335 e. The van der Waals surface area contributed by atoms with E-state index < -0.39 is 9.84 Å². The van der Waals surface area contributed by atoms with E-state index in [0.29, 0.717) is 24.2 Å². The third-order valence-corrected chi connectivity index (χ3v) is 6.45. The highest BCUT2D eigenvalue weighted by molar-refractivity contribution is 7.91. The number of hydrogen-bond donors (Lipinski definition) is 1. The van der Waals surface area contributed by atoms with Crippen LogP contribution in [-0.4, -0.2) is 49.2 Å². The van der Waals surface area contributed by atoms with Crippen LogP contribution >= 0.6 is 0 Å². The first kappa shape index (κ1) is 17.9. The van der Waals surface area contributed by atoms with Gasteiger partial charge in [0.1, 0.15) is 0 Å². The quantitative estimate of drug-likeness (QED) is 0.838. The summed E-state index contributed by atoms with van der Waals surface area (Å²) in [5, 5.41) is 2.85. The van der Waals surface area contributed by atoms with Crippen LogP contribution in [0.4, 0.5) is 5.69 Å². The van der Waals surface area contributed by atoms with Gasteiger partial charge in [-0.25, -0.2) is 8.42 Å². The molecule has 6 nitrogen and oxygen atoms in total. The molecule has 7 heteroatoms. The normalized spacial score (nSPS) is 21.7. The predicted octanol–water partition coefficient (Wildman–Crippen LogP) is 2.07. The summed E-state index contributed by atoms with van der Waals surface area (Å²) in [6.07, 6.45) is 3.10. The zero-order chi connectivity index (χ0) is 18.0. The Bertz CT molecular complexity index is 771. The van der Waals surface area contributed by atoms with Crippen LogP contribution in [0.3, 0.4) is 0 Å². The van der Waals surface area contributed by atoms with Crippen LogP contribution in [0.25, 0.3) is 0 Å². The molecule has 1 aromatic rings. The molecule has 1 saturated carbocycles. The molecule has 0 spiro atoms. The smallest absolute Gasteiger partial charge is 0.254 e. The zero-order valence-corrected chi connectivity index (χ0v) is 15.2. The molecule has 1 saturated heterocycles. The molecule has 1 aliphatic carbocycles. The van der Waals surface area contributed by atoms with Crippen molar-refractivity contribution < 1.29 is 18.0 Å². The Labute approximate surface area is 148 Å². The lowest BCUT2D eigenvalue weighted by molar-refractivity contribution is -0.117. The van der Waals surface area contributed by atoms with E-state index in [4.69, 9.17) is 0 Å². The maximum atomic E-state index is 12.9. The van der Waals surface area contributed by atoms with E-state index in [1.807, 2.05) is 6.92 Å². The number of benzene rings is 1. The maximum absolute atomic E-state index is 12.9. The fourth-order valence-corrected chi connectivity index (χ4v) is 4.93. The predicted molar refractivity (Wildman–Crippen MR) is 96.2 cm³/mol. The molecule has 1 N–H and O–H groups in total. The summed E-state index contributed by atoms with van der Waals surface area (Å²) in [5.74, 6) is 0.0995. The number of anilines is 1. The Kier molecular flexibility index (Phi) is 5.13. The molecule has 2 fully saturated rings. The third kappa shape index (κ3) is 4.39. The van der Waals surface area contributed by atoms with Crippen LogP contribution < -0.4 is 5.32 Å². The fraction of sp³-hybridized carbons (Fsp3) is 0.556. The van der Waals surface area contributed by atoms with Gasteiger partial charge in [-0.15, -0.1) is 0 Å². The lowest BCUT2D eigenvalue weighted by Gasteiger charge is -2.28. The van der Waals surface area contributed by atoms with Crippen molar-refractivity contribution >= 4 is 27.3 Å². The molecule has 25 heavy (non-hydrogen) atoms. The Hall–Kier alpha value is -1.89. The van der Waals surface area contributed by atoms with E-state index >= 15 is 0 Å². The van der Waals surface area contributed by atoms with Gasteiger partial charge in [-0.3, -0.25) is 9.59 Å². The second kappa shape index (κ2) is 7.15. The van der Waals surface area contributed by atoms with Gasteiger partial charge in [0.2, 0.25) is 5.91 Å².